The maximum absolute atomic E-state index is 12.0. The van der Waals surface area contributed by atoms with Crippen molar-refractivity contribution in [2.75, 3.05) is 0 Å². The van der Waals surface area contributed by atoms with Crippen LogP contribution in [0.2, 0.25) is 0 Å². The lowest BCUT2D eigenvalue weighted by Crippen LogP contribution is -2.34. The van der Waals surface area contributed by atoms with Gasteiger partial charge in [-0.05, 0) is 25.7 Å². The van der Waals surface area contributed by atoms with E-state index in [9.17, 15) is 9.90 Å². The van der Waals surface area contributed by atoms with Crippen LogP contribution >= 0.6 is 0 Å². The van der Waals surface area contributed by atoms with Gasteiger partial charge in [0.25, 0.3) is 0 Å². The number of allylic oxidation sites excluding steroid dienone is 2. The summed E-state index contributed by atoms with van der Waals surface area (Å²) < 4.78 is 0. The zero-order valence-corrected chi connectivity index (χ0v) is 11.5. The molecule has 1 rings (SSSR count). The van der Waals surface area contributed by atoms with Gasteiger partial charge in [0.15, 0.2) is 5.78 Å². The molecule has 1 saturated carbocycles. The second-order valence-electron chi connectivity index (χ2n) is 5.62. The summed E-state index contributed by atoms with van der Waals surface area (Å²) in [5.74, 6) is 0.614. The van der Waals surface area contributed by atoms with Gasteiger partial charge in [-0.25, -0.2) is 0 Å². The summed E-state index contributed by atoms with van der Waals surface area (Å²) in [7, 11) is 0. The second-order valence-corrected chi connectivity index (χ2v) is 5.62. The SMILES string of the molecule is CCCC(CCC)/C(O)=C/C(=O)C1(C)CCC1. The predicted molar refractivity (Wildman–Crippen MR) is 71.0 cm³/mol. The number of rotatable bonds is 7. The van der Waals surface area contributed by atoms with Crippen molar-refractivity contribution in [2.24, 2.45) is 11.3 Å². The van der Waals surface area contributed by atoms with Gasteiger partial charge in [-0.1, -0.05) is 40.0 Å². The molecule has 0 amide bonds. The van der Waals surface area contributed by atoms with Gasteiger partial charge in [-0.3, -0.25) is 4.79 Å². The zero-order chi connectivity index (χ0) is 12.9. The van der Waals surface area contributed by atoms with Gasteiger partial charge in [0.1, 0.15) is 0 Å². The Morgan fingerprint density at radius 2 is 1.82 bits per heavy atom. The molecule has 0 radical (unpaired) electrons. The summed E-state index contributed by atoms with van der Waals surface area (Å²) in [5, 5.41) is 10.1. The monoisotopic (exact) mass is 238 g/mol. The third-order valence-electron chi connectivity index (χ3n) is 4.02. The first-order valence-electron chi connectivity index (χ1n) is 6.98. The van der Waals surface area contributed by atoms with Gasteiger partial charge < -0.3 is 5.11 Å². The van der Waals surface area contributed by atoms with Crippen LogP contribution in [0.5, 0.6) is 0 Å². The van der Waals surface area contributed by atoms with Crippen molar-refractivity contribution in [1.82, 2.24) is 0 Å². The first-order chi connectivity index (χ1) is 8.03. The highest BCUT2D eigenvalue weighted by atomic mass is 16.3. The molecular weight excluding hydrogens is 212 g/mol. The Hall–Kier alpha value is -0.790. The highest BCUT2D eigenvalue weighted by molar-refractivity contribution is 5.95. The van der Waals surface area contributed by atoms with Gasteiger partial charge in [0, 0.05) is 17.4 Å². The van der Waals surface area contributed by atoms with Crippen molar-refractivity contribution >= 4 is 5.78 Å². The summed E-state index contributed by atoms with van der Waals surface area (Å²) in [4.78, 5) is 12.0. The topological polar surface area (TPSA) is 37.3 Å². The van der Waals surface area contributed by atoms with E-state index < -0.39 is 0 Å². The van der Waals surface area contributed by atoms with E-state index in [1.807, 2.05) is 6.92 Å². The van der Waals surface area contributed by atoms with Crippen LogP contribution in [0.25, 0.3) is 0 Å². The van der Waals surface area contributed by atoms with E-state index >= 15 is 0 Å². The van der Waals surface area contributed by atoms with E-state index in [0.717, 1.165) is 44.9 Å². The number of hydrogen-bond donors (Lipinski definition) is 1. The van der Waals surface area contributed by atoms with Crippen molar-refractivity contribution < 1.29 is 9.90 Å². The van der Waals surface area contributed by atoms with E-state index in [1.165, 1.54) is 6.08 Å². The van der Waals surface area contributed by atoms with Crippen molar-refractivity contribution in [1.29, 1.82) is 0 Å². The molecule has 0 unspecified atom stereocenters. The maximum Gasteiger partial charge on any atom is 0.164 e. The van der Waals surface area contributed by atoms with Crippen LogP contribution in [0.15, 0.2) is 11.8 Å². The summed E-state index contributed by atoms with van der Waals surface area (Å²) in [5.41, 5.74) is -0.184. The molecule has 0 aromatic heterocycles. The minimum absolute atomic E-state index is 0.124. The molecule has 17 heavy (non-hydrogen) atoms. The van der Waals surface area contributed by atoms with E-state index in [4.69, 9.17) is 0 Å². The van der Waals surface area contributed by atoms with Crippen LogP contribution in [0.3, 0.4) is 0 Å². The third kappa shape index (κ3) is 3.58. The molecule has 0 spiro atoms. The van der Waals surface area contributed by atoms with Crippen LogP contribution < -0.4 is 0 Å². The van der Waals surface area contributed by atoms with Crippen LogP contribution in [0, 0.1) is 11.3 Å². The fourth-order valence-corrected chi connectivity index (χ4v) is 2.52. The highest BCUT2D eigenvalue weighted by Crippen LogP contribution is 2.41. The molecule has 1 fully saturated rings. The molecule has 0 saturated heterocycles. The Balaban J connectivity index is 2.64. The Labute approximate surface area is 105 Å². The maximum atomic E-state index is 12.0. The van der Waals surface area contributed by atoms with Crippen molar-refractivity contribution in [3.05, 3.63) is 11.8 Å². The molecule has 98 valence electrons. The number of ketones is 1. The Kier molecular flexibility index (Phi) is 5.23. The summed E-state index contributed by atoms with van der Waals surface area (Å²) in [6.45, 7) is 6.24. The number of carbonyl (C=O) groups is 1. The molecule has 2 nitrogen and oxygen atoms in total. The van der Waals surface area contributed by atoms with Gasteiger partial charge in [0.2, 0.25) is 0 Å². The quantitative estimate of drug-likeness (QED) is 0.527. The van der Waals surface area contributed by atoms with Crippen LogP contribution in [-0.2, 0) is 4.79 Å². The fraction of sp³-hybridized carbons (Fsp3) is 0.800. The molecule has 0 aromatic rings. The van der Waals surface area contributed by atoms with E-state index in [0.29, 0.717) is 5.76 Å². The predicted octanol–water partition coefficient (Wildman–Crippen LogP) is 4.40. The molecule has 0 atom stereocenters. The number of hydrogen-bond acceptors (Lipinski definition) is 2. The highest BCUT2D eigenvalue weighted by Gasteiger charge is 2.38. The van der Waals surface area contributed by atoms with Gasteiger partial charge in [0.05, 0.1) is 5.76 Å². The summed E-state index contributed by atoms with van der Waals surface area (Å²) >= 11 is 0. The lowest BCUT2D eigenvalue weighted by atomic mass is 9.67. The summed E-state index contributed by atoms with van der Waals surface area (Å²) in [6.07, 6.45) is 8.64. The normalized spacial score (nSPS) is 19.2. The van der Waals surface area contributed by atoms with E-state index in [-0.39, 0.29) is 17.1 Å². The average molecular weight is 238 g/mol. The molecule has 0 aromatic carbocycles. The minimum atomic E-state index is -0.184. The lowest BCUT2D eigenvalue weighted by Gasteiger charge is -2.35. The van der Waals surface area contributed by atoms with Gasteiger partial charge in [-0.15, -0.1) is 0 Å². The van der Waals surface area contributed by atoms with E-state index in [1.54, 1.807) is 0 Å². The Bertz CT molecular complexity index is 281. The molecule has 2 heteroatoms. The fourth-order valence-electron chi connectivity index (χ4n) is 2.52. The van der Waals surface area contributed by atoms with Gasteiger partial charge in [-0.2, -0.15) is 0 Å². The Morgan fingerprint density at radius 1 is 1.29 bits per heavy atom. The lowest BCUT2D eigenvalue weighted by molar-refractivity contribution is -0.127. The zero-order valence-electron chi connectivity index (χ0n) is 11.5. The number of aliphatic hydroxyl groups is 1. The number of aliphatic hydroxyl groups excluding tert-OH is 1. The third-order valence-corrected chi connectivity index (χ3v) is 4.02. The van der Waals surface area contributed by atoms with Crippen LogP contribution in [-0.4, -0.2) is 10.9 Å². The van der Waals surface area contributed by atoms with Crippen molar-refractivity contribution in [2.45, 2.75) is 65.7 Å². The molecule has 1 aliphatic rings. The number of carbonyl (C=O) groups excluding carboxylic acids is 1. The molecule has 0 heterocycles. The molecule has 1 aliphatic carbocycles. The molecule has 1 N–H and O–H groups in total. The Morgan fingerprint density at radius 3 is 2.18 bits per heavy atom. The first kappa shape index (κ1) is 14.3. The van der Waals surface area contributed by atoms with Crippen molar-refractivity contribution in [3.63, 3.8) is 0 Å². The standard InChI is InChI=1S/C15H26O2/c1-4-7-12(8-5-2)13(16)11-14(17)15(3)9-6-10-15/h11-12,16H,4-10H2,1-3H3/b13-11-. The molecule has 0 bridgehead atoms. The smallest absolute Gasteiger partial charge is 0.164 e. The molecular formula is C15H26O2. The molecule has 0 aliphatic heterocycles. The minimum Gasteiger partial charge on any atom is -0.512 e. The average Bonchev–Trinajstić information content (AvgIpc) is 2.25. The summed E-state index contributed by atoms with van der Waals surface area (Å²) in [6, 6.07) is 0. The second kappa shape index (κ2) is 6.23. The van der Waals surface area contributed by atoms with Crippen LogP contribution in [0.4, 0.5) is 0 Å². The largest absolute Gasteiger partial charge is 0.512 e. The van der Waals surface area contributed by atoms with Crippen LogP contribution in [0.1, 0.15) is 65.7 Å². The first-order valence-corrected chi connectivity index (χ1v) is 6.98. The van der Waals surface area contributed by atoms with Crippen molar-refractivity contribution in [3.8, 4) is 0 Å². The van der Waals surface area contributed by atoms with E-state index in [2.05, 4.69) is 13.8 Å². The van der Waals surface area contributed by atoms with Gasteiger partial charge >= 0.3 is 0 Å².